The minimum Gasteiger partial charge on any atom is -0.355 e. The second-order valence-corrected chi connectivity index (χ2v) is 7.97. The fourth-order valence-corrected chi connectivity index (χ4v) is 4.28. The van der Waals surface area contributed by atoms with E-state index in [9.17, 15) is 9.18 Å². The number of rotatable bonds is 5. The topological polar surface area (TPSA) is 58.1 Å². The van der Waals surface area contributed by atoms with Crippen molar-refractivity contribution >= 4 is 11.7 Å². The summed E-state index contributed by atoms with van der Waals surface area (Å²) in [4.78, 5) is 14.5. The van der Waals surface area contributed by atoms with Gasteiger partial charge in [0.15, 0.2) is 5.82 Å². The van der Waals surface area contributed by atoms with E-state index in [1.807, 2.05) is 12.1 Å². The van der Waals surface area contributed by atoms with Crippen molar-refractivity contribution in [3.8, 4) is 11.3 Å². The molecule has 2 aliphatic rings. The minimum atomic E-state index is -0.258. The van der Waals surface area contributed by atoms with Crippen LogP contribution < -0.4 is 10.2 Å². The van der Waals surface area contributed by atoms with Crippen molar-refractivity contribution in [2.45, 2.75) is 51.0 Å². The van der Waals surface area contributed by atoms with E-state index in [0.717, 1.165) is 43.0 Å². The van der Waals surface area contributed by atoms with Gasteiger partial charge in [0.25, 0.3) is 0 Å². The highest BCUT2D eigenvalue weighted by Gasteiger charge is 2.24. The Balaban J connectivity index is 1.27. The first kappa shape index (κ1) is 18.8. The van der Waals surface area contributed by atoms with Crippen molar-refractivity contribution < 1.29 is 9.18 Å². The van der Waals surface area contributed by atoms with E-state index in [2.05, 4.69) is 20.4 Å². The van der Waals surface area contributed by atoms with Gasteiger partial charge >= 0.3 is 0 Å². The number of piperidine rings is 1. The normalized spacial score (nSPS) is 18.4. The molecule has 5 nitrogen and oxygen atoms in total. The van der Waals surface area contributed by atoms with Crippen LogP contribution in [0.1, 0.15) is 44.9 Å². The highest BCUT2D eigenvalue weighted by atomic mass is 19.1. The molecule has 1 saturated carbocycles. The summed E-state index contributed by atoms with van der Waals surface area (Å²) in [7, 11) is 0. The summed E-state index contributed by atoms with van der Waals surface area (Å²) in [6, 6.07) is 10.4. The zero-order valence-corrected chi connectivity index (χ0v) is 16.1. The summed E-state index contributed by atoms with van der Waals surface area (Å²) in [5.74, 6) is 1.40. The second kappa shape index (κ2) is 8.67. The van der Waals surface area contributed by atoms with E-state index in [-0.39, 0.29) is 17.8 Å². The molecular weight excluding hydrogens is 355 g/mol. The summed E-state index contributed by atoms with van der Waals surface area (Å²) >= 11 is 0. The predicted molar refractivity (Wildman–Crippen MR) is 107 cm³/mol. The molecule has 1 aromatic carbocycles. The summed E-state index contributed by atoms with van der Waals surface area (Å²) < 4.78 is 13.1. The molecule has 1 aromatic heterocycles. The van der Waals surface area contributed by atoms with E-state index in [1.165, 1.54) is 37.8 Å². The summed E-state index contributed by atoms with van der Waals surface area (Å²) in [5, 5.41) is 11.9. The Morgan fingerprint density at radius 3 is 2.36 bits per heavy atom. The number of carbonyl (C=O) groups is 1. The van der Waals surface area contributed by atoms with Crippen LogP contribution in [0.5, 0.6) is 0 Å². The maximum absolute atomic E-state index is 13.1. The van der Waals surface area contributed by atoms with Crippen LogP contribution in [-0.2, 0) is 4.79 Å². The fraction of sp³-hybridized carbons (Fsp3) is 0.500. The third-order valence-corrected chi connectivity index (χ3v) is 5.92. The molecule has 2 aromatic rings. The Hall–Kier alpha value is -2.50. The number of hydrogen-bond donors (Lipinski definition) is 1. The SMILES string of the molecule is O=C(CC1CCCC1)NC1CCN(c2ccc(-c3ccc(F)cc3)nn2)CC1. The van der Waals surface area contributed by atoms with E-state index < -0.39 is 0 Å². The van der Waals surface area contributed by atoms with Gasteiger partial charge in [-0.15, -0.1) is 10.2 Å². The molecular formula is C22H27FN4O. The van der Waals surface area contributed by atoms with Crippen molar-refractivity contribution in [2.75, 3.05) is 18.0 Å². The molecule has 1 N–H and O–H groups in total. The number of carbonyl (C=O) groups excluding carboxylic acids is 1. The number of aromatic nitrogens is 2. The smallest absolute Gasteiger partial charge is 0.220 e. The third-order valence-electron chi connectivity index (χ3n) is 5.92. The lowest BCUT2D eigenvalue weighted by molar-refractivity contribution is -0.122. The molecule has 0 bridgehead atoms. The highest BCUT2D eigenvalue weighted by molar-refractivity contribution is 5.76. The van der Waals surface area contributed by atoms with E-state index in [4.69, 9.17) is 0 Å². The van der Waals surface area contributed by atoms with Crippen LogP contribution in [0.2, 0.25) is 0 Å². The van der Waals surface area contributed by atoms with Crippen LogP contribution in [0.3, 0.4) is 0 Å². The molecule has 28 heavy (non-hydrogen) atoms. The molecule has 1 aliphatic heterocycles. The van der Waals surface area contributed by atoms with Crippen LogP contribution in [0.4, 0.5) is 10.2 Å². The quantitative estimate of drug-likeness (QED) is 0.851. The molecule has 2 fully saturated rings. The summed E-state index contributed by atoms with van der Waals surface area (Å²) in [5.41, 5.74) is 1.59. The maximum atomic E-state index is 13.1. The van der Waals surface area contributed by atoms with Gasteiger partial charge < -0.3 is 10.2 Å². The third kappa shape index (κ3) is 4.66. The number of benzene rings is 1. The number of nitrogens with one attached hydrogen (secondary N) is 1. The molecule has 148 valence electrons. The molecule has 4 rings (SSSR count). The largest absolute Gasteiger partial charge is 0.355 e. The molecule has 0 spiro atoms. The standard InChI is InChI=1S/C22H27FN4O/c23-18-7-5-17(6-8-18)20-9-10-21(26-25-20)27-13-11-19(12-14-27)24-22(28)15-16-3-1-2-4-16/h5-10,16,19H,1-4,11-15H2,(H,24,28). The lowest BCUT2D eigenvalue weighted by Crippen LogP contribution is -2.45. The van der Waals surface area contributed by atoms with Crippen molar-refractivity contribution in [2.24, 2.45) is 5.92 Å². The van der Waals surface area contributed by atoms with Crippen LogP contribution in [0, 0.1) is 11.7 Å². The molecule has 2 heterocycles. The van der Waals surface area contributed by atoms with Gasteiger partial charge in [0.2, 0.25) is 5.91 Å². The molecule has 0 radical (unpaired) electrons. The highest BCUT2D eigenvalue weighted by Crippen LogP contribution is 2.27. The Labute approximate surface area is 165 Å². The average Bonchev–Trinajstić information content (AvgIpc) is 3.22. The minimum absolute atomic E-state index is 0.216. The van der Waals surface area contributed by atoms with Gasteiger partial charge in [-0.3, -0.25) is 4.79 Å². The monoisotopic (exact) mass is 382 g/mol. The molecule has 1 aliphatic carbocycles. The van der Waals surface area contributed by atoms with Crippen molar-refractivity contribution in [3.05, 3.63) is 42.2 Å². The van der Waals surface area contributed by atoms with Gasteiger partial charge in [0.05, 0.1) is 5.69 Å². The lowest BCUT2D eigenvalue weighted by atomic mass is 10.0. The van der Waals surface area contributed by atoms with Crippen LogP contribution in [0.15, 0.2) is 36.4 Å². The van der Waals surface area contributed by atoms with Crippen molar-refractivity contribution in [1.29, 1.82) is 0 Å². The Kier molecular flexibility index (Phi) is 5.84. The van der Waals surface area contributed by atoms with Crippen LogP contribution in [0.25, 0.3) is 11.3 Å². The zero-order chi connectivity index (χ0) is 19.3. The van der Waals surface area contributed by atoms with Gasteiger partial charge in [-0.1, -0.05) is 12.8 Å². The van der Waals surface area contributed by atoms with Crippen molar-refractivity contribution in [3.63, 3.8) is 0 Å². The van der Waals surface area contributed by atoms with Gasteiger partial charge in [-0.25, -0.2) is 4.39 Å². The fourth-order valence-electron chi connectivity index (χ4n) is 4.28. The van der Waals surface area contributed by atoms with Gasteiger partial charge in [-0.2, -0.15) is 0 Å². The number of anilines is 1. The van der Waals surface area contributed by atoms with Gasteiger partial charge in [0, 0.05) is 31.1 Å². The number of halogens is 1. The average molecular weight is 382 g/mol. The number of amides is 1. The second-order valence-electron chi connectivity index (χ2n) is 7.97. The van der Waals surface area contributed by atoms with Gasteiger partial charge in [-0.05, 0) is 68.0 Å². The Morgan fingerprint density at radius 2 is 1.71 bits per heavy atom. The van der Waals surface area contributed by atoms with Crippen LogP contribution >= 0.6 is 0 Å². The van der Waals surface area contributed by atoms with Gasteiger partial charge in [0.1, 0.15) is 5.82 Å². The van der Waals surface area contributed by atoms with Crippen LogP contribution in [-0.4, -0.2) is 35.2 Å². The first-order valence-corrected chi connectivity index (χ1v) is 10.3. The van der Waals surface area contributed by atoms with E-state index >= 15 is 0 Å². The lowest BCUT2D eigenvalue weighted by Gasteiger charge is -2.33. The molecule has 1 amide bonds. The Bertz CT molecular complexity index is 779. The molecule has 0 atom stereocenters. The van der Waals surface area contributed by atoms with E-state index in [1.54, 1.807) is 12.1 Å². The first-order chi connectivity index (χ1) is 13.7. The maximum Gasteiger partial charge on any atom is 0.220 e. The predicted octanol–water partition coefficient (Wildman–Crippen LogP) is 3.95. The molecule has 6 heteroatoms. The van der Waals surface area contributed by atoms with Crippen molar-refractivity contribution in [1.82, 2.24) is 15.5 Å². The zero-order valence-electron chi connectivity index (χ0n) is 16.1. The number of nitrogens with zero attached hydrogens (tertiary/aromatic N) is 3. The first-order valence-electron chi connectivity index (χ1n) is 10.3. The summed E-state index contributed by atoms with van der Waals surface area (Å²) in [6.07, 6.45) is 7.51. The number of hydrogen-bond acceptors (Lipinski definition) is 4. The molecule has 1 saturated heterocycles. The Morgan fingerprint density at radius 1 is 1.00 bits per heavy atom. The summed E-state index contributed by atoms with van der Waals surface area (Å²) in [6.45, 7) is 1.72. The van der Waals surface area contributed by atoms with E-state index in [0.29, 0.717) is 12.3 Å². The molecule has 0 unspecified atom stereocenters.